The number of nitrogens with zero attached hydrogens (tertiary/aromatic N) is 4. The molecule has 3 heterocycles. The molecular weight excluding hydrogens is 544 g/mol. The van der Waals surface area contributed by atoms with Gasteiger partial charge in [-0.3, -0.25) is 14.0 Å². The van der Waals surface area contributed by atoms with Crippen LogP contribution in [0.15, 0.2) is 48.9 Å². The fourth-order valence-electron chi connectivity index (χ4n) is 5.23. The zero-order chi connectivity index (χ0) is 28.5. The number of rotatable bonds is 9. The predicted octanol–water partition coefficient (Wildman–Crippen LogP) is 4.99. The van der Waals surface area contributed by atoms with Crippen LogP contribution in [0.2, 0.25) is 5.02 Å². The first-order chi connectivity index (χ1) is 20.0. The molecule has 0 spiro atoms. The van der Waals surface area contributed by atoms with E-state index in [0.717, 1.165) is 36.9 Å². The number of amides is 1. The Morgan fingerprint density at radius 1 is 1.17 bits per heavy atom. The lowest BCUT2D eigenvalue weighted by atomic mass is 9.96. The number of carbonyl (C=O) groups is 2. The molecule has 3 N–H and O–H groups in total. The number of nitrogens with two attached hydrogens (primary N) is 1. The maximum absolute atomic E-state index is 13.3. The number of aromatic nitrogens is 3. The Morgan fingerprint density at radius 2 is 1.98 bits per heavy atom. The van der Waals surface area contributed by atoms with Gasteiger partial charge in [0.25, 0.3) is 12.4 Å². The fraction of sp³-hybridized carbons (Fsp3) is 0.333. The Hall–Kier alpha value is -4.15. The highest BCUT2D eigenvalue weighted by Crippen LogP contribution is 2.37. The van der Waals surface area contributed by atoms with Crippen LogP contribution >= 0.6 is 11.6 Å². The molecule has 0 atom stereocenters. The van der Waals surface area contributed by atoms with E-state index in [1.165, 1.54) is 0 Å². The summed E-state index contributed by atoms with van der Waals surface area (Å²) in [6, 6.07) is 9.17. The van der Waals surface area contributed by atoms with E-state index in [4.69, 9.17) is 26.8 Å². The van der Waals surface area contributed by atoms with E-state index >= 15 is 0 Å². The van der Waals surface area contributed by atoms with Crippen molar-refractivity contribution in [3.05, 3.63) is 65.1 Å². The van der Waals surface area contributed by atoms with Gasteiger partial charge in [-0.2, -0.15) is 0 Å². The quantitative estimate of drug-likeness (QED) is 0.268. The minimum atomic E-state index is -0.0920. The lowest BCUT2D eigenvalue weighted by molar-refractivity contribution is -0.120. The number of hydrogen-bond donors (Lipinski definition) is 2. The molecule has 2 aromatic carbocycles. The number of hydrogen-bond acceptors (Lipinski definition) is 8. The molecule has 41 heavy (non-hydrogen) atoms. The van der Waals surface area contributed by atoms with Crippen LogP contribution in [-0.2, 0) is 4.79 Å². The topological polar surface area (TPSA) is 124 Å². The normalized spacial score (nSPS) is 15.6. The van der Waals surface area contributed by atoms with Gasteiger partial charge in [-0.05, 0) is 75.4 Å². The van der Waals surface area contributed by atoms with Crippen LogP contribution in [0.5, 0.6) is 11.5 Å². The molecular formula is C30H31ClN6O4. The van der Waals surface area contributed by atoms with Gasteiger partial charge < -0.3 is 25.4 Å². The summed E-state index contributed by atoms with van der Waals surface area (Å²) in [5.74, 6) is 1.74. The zero-order valence-corrected chi connectivity index (χ0v) is 23.4. The van der Waals surface area contributed by atoms with E-state index in [-0.39, 0.29) is 17.8 Å². The number of ether oxygens (including phenoxy) is 2. The number of benzene rings is 2. The van der Waals surface area contributed by atoms with Gasteiger partial charge in [-0.15, -0.1) is 0 Å². The Morgan fingerprint density at radius 3 is 2.68 bits per heavy atom. The first-order valence-corrected chi connectivity index (χ1v) is 14.1. The predicted molar refractivity (Wildman–Crippen MR) is 156 cm³/mol. The van der Waals surface area contributed by atoms with Crippen molar-refractivity contribution in [2.24, 2.45) is 11.7 Å². The van der Waals surface area contributed by atoms with Gasteiger partial charge in [0, 0.05) is 42.2 Å². The van der Waals surface area contributed by atoms with Crippen molar-refractivity contribution >= 4 is 41.1 Å². The average molecular weight is 575 g/mol. The largest absolute Gasteiger partial charge is 0.489 e. The smallest absolute Gasteiger partial charge is 0.298 e. The number of likely N-dealkylation sites (tertiary alicyclic amines) is 1. The fourth-order valence-corrected chi connectivity index (χ4v) is 5.46. The summed E-state index contributed by atoms with van der Waals surface area (Å²) in [4.78, 5) is 35.7. The first kappa shape index (κ1) is 27.0. The summed E-state index contributed by atoms with van der Waals surface area (Å²) in [7, 11) is 0. The van der Waals surface area contributed by atoms with Crippen molar-refractivity contribution in [2.45, 2.75) is 38.7 Å². The SMILES string of the molecule is Cc1c(C(=O)N2CCC(CN)CC2)ccc(Nc2nccn3c(-c4ccc(OC5CC5)c(Cl)c4)cnc23)c1OC=O. The summed E-state index contributed by atoms with van der Waals surface area (Å²) < 4.78 is 13.2. The molecule has 2 aromatic heterocycles. The van der Waals surface area contributed by atoms with Crippen LogP contribution in [-0.4, -0.2) is 57.4 Å². The lowest BCUT2D eigenvalue weighted by Crippen LogP contribution is -2.40. The molecule has 1 amide bonds. The van der Waals surface area contributed by atoms with E-state index < -0.39 is 0 Å². The van der Waals surface area contributed by atoms with Crippen molar-refractivity contribution in [3.8, 4) is 22.8 Å². The summed E-state index contributed by atoms with van der Waals surface area (Å²) in [5.41, 5.74) is 9.61. The minimum Gasteiger partial charge on any atom is -0.489 e. The molecule has 2 aliphatic rings. The van der Waals surface area contributed by atoms with E-state index in [9.17, 15) is 9.59 Å². The second kappa shape index (κ2) is 11.4. The highest BCUT2D eigenvalue weighted by atomic mass is 35.5. The minimum absolute atomic E-state index is 0.0920. The molecule has 1 saturated carbocycles. The van der Waals surface area contributed by atoms with Crippen molar-refractivity contribution in [2.75, 3.05) is 25.0 Å². The molecule has 212 valence electrons. The van der Waals surface area contributed by atoms with Crippen LogP contribution < -0.4 is 20.5 Å². The molecule has 1 saturated heterocycles. The second-order valence-electron chi connectivity index (χ2n) is 10.5. The number of nitrogens with one attached hydrogen (secondary N) is 1. The number of halogens is 1. The number of carbonyl (C=O) groups excluding carboxylic acids is 2. The molecule has 0 radical (unpaired) electrons. The second-order valence-corrected chi connectivity index (χ2v) is 10.9. The highest BCUT2D eigenvalue weighted by Gasteiger charge is 2.27. The zero-order valence-electron chi connectivity index (χ0n) is 22.7. The first-order valence-electron chi connectivity index (χ1n) is 13.8. The van der Waals surface area contributed by atoms with E-state index in [2.05, 4.69) is 15.3 Å². The Labute approximate surface area is 242 Å². The van der Waals surface area contributed by atoms with Crippen LogP contribution in [0.1, 0.15) is 41.6 Å². The van der Waals surface area contributed by atoms with Crippen molar-refractivity contribution in [3.63, 3.8) is 0 Å². The average Bonchev–Trinajstić information content (AvgIpc) is 3.70. The summed E-state index contributed by atoms with van der Waals surface area (Å²) in [6.07, 6.45) is 9.35. The summed E-state index contributed by atoms with van der Waals surface area (Å²) in [6.45, 7) is 4.06. The molecule has 1 aliphatic carbocycles. The third-order valence-corrected chi connectivity index (χ3v) is 8.06. The van der Waals surface area contributed by atoms with Crippen molar-refractivity contribution in [1.82, 2.24) is 19.3 Å². The van der Waals surface area contributed by atoms with E-state index in [0.29, 0.717) is 71.1 Å². The number of fused-ring (bicyclic) bond motifs is 1. The van der Waals surface area contributed by atoms with Gasteiger partial charge in [0.1, 0.15) is 5.75 Å². The van der Waals surface area contributed by atoms with Crippen molar-refractivity contribution < 1.29 is 19.1 Å². The third-order valence-electron chi connectivity index (χ3n) is 7.76. The van der Waals surface area contributed by atoms with Crippen LogP contribution in [0.3, 0.4) is 0 Å². The Balaban J connectivity index is 1.28. The number of anilines is 2. The standard InChI is InChI=1S/C30H31ClN6O4/c1-18-22(30(39)36-11-8-19(15-32)9-12-36)5-6-24(27(18)40-17-38)35-28-29-34-16-25(37(29)13-10-33-28)20-2-7-26(23(31)14-20)41-21-3-4-21/h2,5-7,10,13-14,16-17,19,21H,3-4,8-9,11-12,15,32H2,1H3,(H,33,35). The monoisotopic (exact) mass is 574 g/mol. The van der Waals surface area contributed by atoms with Crippen LogP contribution in [0.25, 0.3) is 16.9 Å². The molecule has 4 aromatic rings. The highest BCUT2D eigenvalue weighted by molar-refractivity contribution is 6.32. The molecule has 1 aliphatic heterocycles. The van der Waals surface area contributed by atoms with E-state index in [1.54, 1.807) is 31.5 Å². The van der Waals surface area contributed by atoms with Gasteiger partial charge in [0.05, 0.1) is 28.7 Å². The molecule has 2 fully saturated rings. The van der Waals surface area contributed by atoms with Crippen LogP contribution in [0.4, 0.5) is 11.5 Å². The number of imidazole rings is 1. The van der Waals surface area contributed by atoms with Gasteiger partial charge in [0.15, 0.2) is 17.2 Å². The summed E-state index contributed by atoms with van der Waals surface area (Å²) in [5, 5.41) is 3.79. The molecule has 0 bridgehead atoms. The lowest BCUT2D eigenvalue weighted by Gasteiger charge is -2.32. The summed E-state index contributed by atoms with van der Waals surface area (Å²) >= 11 is 6.51. The van der Waals surface area contributed by atoms with E-state index in [1.807, 2.05) is 33.7 Å². The van der Waals surface area contributed by atoms with Crippen molar-refractivity contribution in [1.29, 1.82) is 0 Å². The Kier molecular flexibility index (Phi) is 7.51. The molecule has 0 unspecified atom stereocenters. The number of piperidine rings is 1. The van der Waals surface area contributed by atoms with Crippen LogP contribution in [0, 0.1) is 12.8 Å². The molecule has 6 rings (SSSR count). The van der Waals surface area contributed by atoms with Gasteiger partial charge in [-0.1, -0.05) is 11.6 Å². The van der Waals surface area contributed by atoms with Gasteiger partial charge in [-0.25, -0.2) is 9.97 Å². The molecule has 10 nitrogen and oxygen atoms in total. The van der Waals surface area contributed by atoms with Gasteiger partial charge in [0.2, 0.25) is 0 Å². The maximum atomic E-state index is 13.3. The maximum Gasteiger partial charge on any atom is 0.298 e. The third kappa shape index (κ3) is 5.45. The Bertz CT molecular complexity index is 1610. The molecule has 11 heteroatoms. The van der Waals surface area contributed by atoms with Gasteiger partial charge >= 0.3 is 0 Å².